The number of nitrogens with one attached hydrogen (secondary N) is 1. The molecule has 1 aromatic heterocycles. The van der Waals surface area contributed by atoms with Crippen molar-refractivity contribution in [3.8, 4) is 0 Å². The van der Waals surface area contributed by atoms with Gasteiger partial charge in [-0.3, -0.25) is 0 Å². The van der Waals surface area contributed by atoms with E-state index in [0.29, 0.717) is 6.04 Å². The van der Waals surface area contributed by atoms with Crippen LogP contribution in [0.25, 0.3) is 10.2 Å². The first-order valence-corrected chi connectivity index (χ1v) is 8.07. The van der Waals surface area contributed by atoms with Crippen molar-refractivity contribution in [2.45, 2.75) is 32.2 Å². The van der Waals surface area contributed by atoms with Crippen molar-refractivity contribution < 1.29 is 4.39 Å². The predicted molar refractivity (Wildman–Crippen MR) is 83.0 cm³/mol. The lowest BCUT2D eigenvalue weighted by Crippen LogP contribution is -2.38. The standard InChI is InChI=1S/C15H20FN3S/c1-11(10-19-7-3-2-4-8-19)17-15-18-13-9-12(16)5-6-14(13)20-15/h5-6,9,11H,2-4,7-8,10H2,1H3,(H,17,18). The Morgan fingerprint density at radius 2 is 2.15 bits per heavy atom. The van der Waals surface area contributed by atoms with Gasteiger partial charge in [-0.1, -0.05) is 17.8 Å². The maximum Gasteiger partial charge on any atom is 0.184 e. The van der Waals surface area contributed by atoms with E-state index in [1.165, 1.54) is 44.5 Å². The summed E-state index contributed by atoms with van der Waals surface area (Å²) in [4.78, 5) is 6.96. The predicted octanol–water partition coefficient (Wildman–Crippen LogP) is 3.72. The van der Waals surface area contributed by atoms with Gasteiger partial charge in [0.2, 0.25) is 0 Å². The monoisotopic (exact) mass is 293 g/mol. The second-order valence-electron chi connectivity index (χ2n) is 5.54. The minimum atomic E-state index is -0.226. The molecule has 1 aliphatic heterocycles. The van der Waals surface area contributed by atoms with Gasteiger partial charge in [-0.15, -0.1) is 0 Å². The number of hydrogen-bond acceptors (Lipinski definition) is 4. The normalized spacial score (nSPS) is 18.3. The quantitative estimate of drug-likeness (QED) is 0.931. The smallest absolute Gasteiger partial charge is 0.184 e. The van der Waals surface area contributed by atoms with E-state index in [9.17, 15) is 4.39 Å². The molecule has 1 fully saturated rings. The van der Waals surface area contributed by atoms with Crippen LogP contribution in [0.4, 0.5) is 9.52 Å². The first kappa shape index (κ1) is 13.8. The molecule has 1 aromatic carbocycles. The van der Waals surface area contributed by atoms with E-state index in [4.69, 9.17) is 0 Å². The molecule has 108 valence electrons. The zero-order valence-electron chi connectivity index (χ0n) is 11.7. The van der Waals surface area contributed by atoms with E-state index >= 15 is 0 Å². The van der Waals surface area contributed by atoms with Gasteiger partial charge in [-0.25, -0.2) is 9.37 Å². The number of thiazole rings is 1. The second-order valence-corrected chi connectivity index (χ2v) is 6.57. The lowest BCUT2D eigenvalue weighted by molar-refractivity contribution is 0.223. The Balaban J connectivity index is 1.63. The average molecular weight is 293 g/mol. The van der Waals surface area contributed by atoms with Gasteiger partial charge >= 0.3 is 0 Å². The fraction of sp³-hybridized carbons (Fsp3) is 0.533. The maximum absolute atomic E-state index is 13.2. The second kappa shape index (κ2) is 6.06. The molecule has 0 amide bonds. The van der Waals surface area contributed by atoms with Crippen LogP contribution in [0.3, 0.4) is 0 Å². The minimum Gasteiger partial charge on any atom is -0.358 e. The van der Waals surface area contributed by atoms with Crippen LogP contribution in [-0.2, 0) is 0 Å². The molecule has 1 N–H and O–H groups in total. The highest BCUT2D eigenvalue weighted by Crippen LogP contribution is 2.26. The molecule has 1 atom stereocenters. The Hall–Kier alpha value is -1.20. The van der Waals surface area contributed by atoms with Crippen molar-refractivity contribution in [3.63, 3.8) is 0 Å². The van der Waals surface area contributed by atoms with Crippen molar-refractivity contribution >= 4 is 26.7 Å². The van der Waals surface area contributed by atoms with E-state index in [0.717, 1.165) is 21.9 Å². The van der Waals surface area contributed by atoms with Crippen LogP contribution in [0, 0.1) is 5.82 Å². The van der Waals surface area contributed by atoms with Gasteiger partial charge < -0.3 is 10.2 Å². The van der Waals surface area contributed by atoms with Gasteiger partial charge in [0.15, 0.2) is 5.13 Å². The van der Waals surface area contributed by atoms with Crippen molar-refractivity contribution in [1.82, 2.24) is 9.88 Å². The number of likely N-dealkylation sites (tertiary alicyclic amines) is 1. The molecule has 0 saturated carbocycles. The number of halogens is 1. The fourth-order valence-electron chi connectivity index (χ4n) is 2.75. The third kappa shape index (κ3) is 3.27. The van der Waals surface area contributed by atoms with Crippen LogP contribution in [0.5, 0.6) is 0 Å². The number of aromatic nitrogens is 1. The molecule has 1 saturated heterocycles. The largest absolute Gasteiger partial charge is 0.358 e. The average Bonchev–Trinajstić information content (AvgIpc) is 2.80. The molecular formula is C15H20FN3S. The zero-order chi connectivity index (χ0) is 13.9. The fourth-order valence-corrected chi connectivity index (χ4v) is 3.71. The molecule has 0 bridgehead atoms. The van der Waals surface area contributed by atoms with Crippen LogP contribution >= 0.6 is 11.3 Å². The summed E-state index contributed by atoms with van der Waals surface area (Å²) in [6.07, 6.45) is 3.99. The van der Waals surface area contributed by atoms with Crippen LogP contribution < -0.4 is 5.32 Å². The highest BCUT2D eigenvalue weighted by atomic mass is 32.1. The SMILES string of the molecule is CC(CN1CCCCC1)Nc1nc2cc(F)ccc2s1. The number of benzene rings is 1. The molecule has 0 aliphatic carbocycles. The first-order chi connectivity index (χ1) is 9.70. The molecule has 2 heterocycles. The van der Waals surface area contributed by atoms with Crippen molar-refractivity contribution in [1.29, 1.82) is 0 Å². The minimum absolute atomic E-state index is 0.226. The van der Waals surface area contributed by atoms with Crippen molar-refractivity contribution in [2.75, 3.05) is 25.0 Å². The van der Waals surface area contributed by atoms with Gasteiger partial charge in [-0.2, -0.15) is 0 Å². The van der Waals surface area contributed by atoms with Gasteiger partial charge in [0.05, 0.1) is 10.2 Å². The Labute approximate surface area is 122 Å². The van der Waals surface area contributed by atoms with Crippen LogP contribution in [0.15, 0.2) is 18.2 Å². The van der Waals surface area contributed by atoms with E-state index in [1.54, 1.807) is 17.4 Å². The Morgan fingerprint density at radius 3 is 2.95 bits per heavy atom. The molecule has 0 radical (unpaired) electrons. The summed E-state index contributed by atoms with van der Waals surface area (Å²) < 4.78 is 14.2. The number of anilines is 1. The topological polar surface area (TPSA) is 28.2 Å². The summed E-state index contributed by atoms with van der Waals surface area (Å²) in [5.74, 6) is -0.226. The summed E-state index contributed by atoms with van der Waals surface area (Å²) >= 11 is 1.59. The molecule has 3 rings (SSSR count). The van der Waals surface area contributed by atoms with Gasteiger partial charge in [0.1, 0.15) is 5.82 Å². The molecule has 0 spiro atoms. The molecule has 20 heavy (non-hydrogen) atoms. The molecule has 2 aromatic rings. The lowest BCUT2D eigenvalue weighted by Gasteiger charge is -2.29. The lowest BCUT2D eigenvalue weighted by atomic mass is 10.1. The Kier molecular flexibility index (Phi) is 4.17. The van der Waals surface area contributed by atoms with Gasteiger partial charge in [-0.05, 0) is 45.0 Å². The molecular weight excluding hydrogens is 273 g/mol. The summed E-state index contributed by atoms with van der Waals surface area (Å²) in [5.41, 5.74) is 0.739. The van der Waals surface area contributed by atoms with E-state index < -0.39 is 0 Å². The first-order valence-electron chi connectivity index (χ1n) is 7.26. The van der Waals surface area contributed by atoms with Gasteiger partial charge in [0.25, 0.3) is 0 Å². The van der Waals surface area contributed by atoms with E-state index in [1.807, 2.05) is 0 Å². The zero-order valence-corrected chi connectivity index (χ0v) is 12.5. The van der Waals surface area contributed by atoms with Gasteiger partial charge in [0, 0.05) is 18.7 Å². The third-order valence-electron chi connectivity index (χ3n) is 3.70. The summed E-state index contributed by atoms with van der Waals surface area (Å²) in [6, 6.07) is 5.13. The number of nitrogens with zero attached hydrogens (tertiary/aromatic N) is 2. The van der Waals surface area contributed by atoms with E-state index in [2.05, 4.69) is 22.1 Å². The maximum atomic E-state index is 13.2. The number of fused-ring (bicyclic) bond motifs is 1. The summed E-state index contributed by atoms with van der Waals surface area (Å²) in [7, 11) is 0. The molecule has 5 heteroatoms. The third-order valence-corrected chi connectivity index (χ3v) is 4.67. The Bertz CT molecular complexity index is 578. The highest BCUT2D eigenvalue weighted by molar-refractivity contribution is 7.22. The van der Waals surface area contributed by atoms with Crippen LogP contribution in [-0.4, -0.2) is 35.6 Å². The number of piperidine rings is 1. The molecule has 3 nitrogen and oxygen atoms in total. The van der Waals surface area contributed by atoms with Crippen molar-refractivity contribution in [2.24, 2.45) is 0 Å². The summed E-state index contributed by atoms with van der Waals surface area (Å²) in [6.45, 7) is 5.64. The molecule has 1 aliphatic rings. The highest BCUT2D eigenvalue weighted by Gasteiger charge is 2.14. The van der Waals surface area contributed by atoms with E-state index in [-0.39, 0.29) is 5.82 Å². The molecule has 1 unspecified atom stereocenters. The van der Waals surface area contributed by atoms with Crippen LogP contribution in [0.1, 0.15) is 26.2 Å². The number of hydrogen-bond donors (Lipinski definition) is 1. The Morgan fingerprint density at radius 1 is 1.35 bits per heavy atom. The number of rotatable bonds is 4. The van der Waals surface area contributed by atoms with Crippen LogP contribution in [0.2, 0.25) is 0 Å². The summed E-state index contributed by atoms with van der Waals surface area (Å²) in [5, 5.41) is 4.33. The van der Waals surface area contributed by atoms with Crippen molar-refractivity contribution in [3.05, 3.63) is 24.0 Å².